The number of amides is 1. The quantitative estimate of drug-likeness (QED) is 0.560. The zero-order valence-corrected chi connectivity index (χ0v) is 15.9. The van der Waals surface area contributed by atoms with E-state index in [9.17, 15) is 19.3 Å². The van der Waals surface area contributed by atoms with Gasteiger partial charge in [-0.1, -0.05) is 26.0 Å². The maximum absolute atomic E-state index is 13.1. The Kier molecular flexibility index (Phi) is 6.63. The monoisotopic (exact) mass is 373 g/mol. The zero-order valence-electron chi connectivity index (χ0n) is 15.9. The first-order chi connectivity index (χ1) is 12.7. The maximum atomic E-state index is 13.1. The van der Waals surface area contributed by atoms with E-state index in [4.69, 9.17) is 0 Å². The van der Waals surface area contributed by atoms with Gasteiger partial charge in [0.2, 0.25) is 5.91 Å². The van der Waals surface area contributed by atoms with Crippen LogP contribution in [0.5, 0.6) is 0 Å². The highest BCUT2D eigenvalue weighted by atomic mass is 19.1. The second-order valence-electron chi connectivity index (χ2n) is 6.91. The number of hydrogen-bond donors (Lipinski definition) is 2. The largest absolute Gasteiger partial charge is 0.319 e. The van der Waals surface area contributed by atoms with Crippen molar-refractivity contribution in [2.75, 3.05) is 11.9 Å². The Morgan fingerprint density at radius 1 is 1.15 bits per heavy atom. The smallest absolute Gasteiger partial charge is 0.293 e. The van der Waals surface area contributed by atoms with E-state index in [1.54, 1.807) is 25.1 Å². The van der Waals surface area contributed by atoms with Crippen molar-refractivity contribution in [1.29, 1.82) is 0 Å². The first-order valence-electron chi connectivity index (χ1n) is 8.73. The van der Waals surface area contributed by atoms with Crippen LogP contribution in [0, 0.1) is 35.7 Å². The number of benzene rings is 2. The number of anilines is 1. The summed E-state index contributed by atoms with van der Waals surface area (Å²) in [7, 11) is 0. The van der Waals surface area contributed by atoms with Gasteiger partial charge < -0.3 is 10.6 Å². The third kappa shape index (κ3) is 5.34. The summed E-state index contributed by atoms with van der Waals surface area (Å²) >= 11 is 0. The van der Waals surface area contributed by atoms with E-state index >= 15 is 0 Å². The van der Waals surface area contributed by atoms with Crippen molar-refractivity contribution < 1.29 is 14.1 Å². The summed E-state index contributed by atoms with van der Waals surface area (Å²) in [5.74, 6) is -0.533. The van der Waals surface area contributed by atoms with Crippen molar-refractivity contribution in [3.05, 3.63) is 69.0 Å². The Hall–Kier alpha value is -2.80. The molecule has 6 nitrogen and oxygen atoms in total. The van der Waals surface area contributed by atoms with Crippen LogP contribution in [-0.2, 0) is 4.79 Å². The minimum atomic E-state index is -0.509. The third-order valence-electron chi connectivity index (χ3n) is 4.46. The standard InChI is InChI=1S/C20H24FN3O3/c1-12(2)20(15-5-7-16(21)8-6-15)22-11-19(25)23-17-9-13(3)14(4)10-18(17)24(26)27/h5-10,12,20,22H,11H2,1-4H3,(H,23,25)/t20-/m1/s1. The molecule has 0 saturated heterocycles. The second kappa shape index (κ2) is 8.73. The van der Waals surface area contributed by atoms with Crippen LogP contribution in [0.2, 0.25) is 0 Å². The van der Waals surface area contributed by atoms with E-state index in [1.165, 1.54) is 18.2 Å². The van der Waals surface area contributed by atoms with Crippen molar-refractivity contribution in [2.45, 2.75) is 33.7 Å². The Morgan fingerprint density at radius 2 is 1.74 bits per heavy atom. The van der Waals surface area contributed by atoms with Crippen LogP contribution in [0.1, 0.15) is 36.6 Å². The summed E-state index contributed by atoms with van der Waals surface area (Å²) in [5, 5.41) is 17.0. The van der Waals surface area contributed by atoms with Crippen molar-refractivity contribution in [2.24, 2.45) is 5.92 Å². The number of hydrogen-bond acceptors (Lipinski definition) is 4. The normalized spacial score (nSPS) is 12.1. The van der Waals surface area contributed by atoms with Crippen LogP contribution in [-0.4, -0.2) is 17.4 Å². The minimum absolute atomic E-state index is 0.0235. The van der Waals surface area contributed by atoms with Gasteiger partial charge in [0, 0.05) is 12.1 Å². The highest BCUT2D eigenvalue weighted by molar-refractivity contribution is 5.94. The Labute approximate surface area is 157 Å². The van der Waals surface area contributed by atoms with Gasteiger partial charge in [-0.15, -0.1) is 0 Å². The number of nitro groups is 1. The maximum Gasteiger partial charge on any atom is 0.293 e. The van der Waals surface area contributed by atoms with E-state index in [0.29, 0.717) is 0 Å². The number of carbonyl (C=O) groups excluding carboxylic acids is 1. The molecule has 0 unspecified atom stereocenters. The first kappa shape index (κ1) is 20.5. The molecular weight excluding hydrogens is 349 g/mol. The van der Waals surface area contributed by atoms with Crippen molar-refractivity contribution in [3.8, 4) is 0 Å². The molecule has 144 valence electrons. The molecule has 1 atom stereocenters. The molecular formula is C20H24FN3O3. The molecule has 0 aliphatic rings. The number of nitrogens with zero attached hydrogens (tertiary/aromatic N) is 1. The summed E-state index contributed by atoms with van der Waals surface area (Å²) in [6.45, 7) is 7.58. The lowest BCUT2D eigenvalue weighted by molar-refractivity contribution is -0.384. The minimum Gasteiger partial charge on any atom is -0.319 e. The number of rotatable bonds is 7. The molecule has 0 radical (unpaired) electrons. The molecule has 0 saturated carbocycles. The number of halogens is 1. The average Bonchev–Trinajstić information content (AvgIpc) is 2.59. The van der Waals surface area contributed by atoms with Gasteiger partial charge in [0.05, 0.1) is 11.5 Å². The Balaban J connectivity index is 2.10. The fourth-order valence-corrected chi connectivity index (χ4v) is 2.86. The van der Waals surface area contributed by atoms with Crippen LogP contribution >= 0.6 is 0 Å². The first-order valence-corrected chi connectivity index (χ1v) is 8.73. The van der Waals surface area contributed by atoms with E-state index in [2.05, 4.69) is 10.6 Å². The molecule has 0 aliphatic carbocycles. The van der Waals surface area contributed by atoms with Crippen LogP contribution in [0.3, 0.4) is 0 Å². The van der Waals surface area contributed by atoms with E-state index in [1.807, 2.05) is 20.8 Å². The predicted molar refractivity (Wildman–Crippen MR) is 103 cm³/mol. The van der Waals surface area contributed by atoms with Gasteiger partial charge in [-0.05, 0) is 54.7 Å². The molecule has 2 N–H and O–H groups in total. The van der Waals surface area contributed by atoms with Crippen molar-refractivity contribution >= 4 is 17.3 Å². The molecule has 2 rings (SSSR count). The van der Waals surface area contributed by atoms with Gasteiger partial charge in [-0.3, -0.25) is 14.9 Å². The van der Waals surface area contributed by atoms with Gasteiger partial charge in [0.1, 0.15) is 11.5 Å². The van der Waals surface area contributed by atoms with Crippen LogP contribution < -0.4 is 10.6 Å². The summed E-state index contributed by atoms with van der Waals surface area (Å²) in [4.78, 5) is 23.1. The Bertz CT molecular complexity index is 835. The lowest BCUT2D eigenvalue weighted by Crippen LogP contribution is -2.33. The molecule has 2 aromatic rings. The summed E-state index contributed by atoms with van der Waals surface area (Å²) in [6, 6.07) is 9.03. The summed E-state index contributed by atoms with van der Waals surface area (Å²) in [6.07, 6.45) is 0. The lowest BCUT2D eigenvalue weighted by atomic mass is 9.96. The molecule has 1 amide bonds. The average molecular weight is 373 g/mol. The molecule has 7 heteroatoms. The molecule has 0 aromatic heterocycles. The fourth-order valence-electron chi connectivity index (χ4n) is 2.86. The summed E-state index contributed by atoms with van der Waals surface area (Å²) < 4.78 is 13.1. The highest BCUT2D eigenvalue weighted by Gasteiger charge is 2.20. The van der Waals surface area contributed by atoms with Crippen LogP contribution in [0.15, 0.2) is 36.4 Å². The molecule has 0 bridgehead atoms. The predicted octanol–water partition coefficient (Wildman–Crippen LogP) is 4.28. The van der Waals surface area contributed by atoms with E-state index in [0.717, 1.165) is 16.7 Å². The fraction of sp³-hybridized carbons (Fsp3) is 0.350. The lowest BCUT2D eigenvalue weighted by Gasteiger charge is -2.23. The molecule has 27 heavy (non-hydrogen) atoms. The summed E-state index contributed by atoms with van der Waals surface area (Å²) in [5.41, 5.74) is 2.56. The van der Waals surface area contributed by atoms with E-state index in [-0.39, 0.29) is 41.6 Å². The molecule has 0 heterocycles. The van der Waals surface area contributed by atoms with E-state index < -0.39 is 4.92 Å². The molecule has 0 fully saturated rings. The molecule has 0 aliphatic heterocycles. The number of nitro benzene ring substituents is 1. The van der Waals surface area contributed by atoms with Crippen molar-refractivity contribution in [3.63, 3.8) is 0 Å². The van der Waals surface area contributed by atoms with Crippen molar-refractivity contribution in [1.82, 2.24) is 5.32 Å². The number of nitrogens with one attached hydrogen (secondary N) is 2. The molecule has 0 spiro atoms. The van der Waals surface area contributed by atoms with Gasteiger partial charge in [0.15, 0.2) is 0 Å². The van der Waals surface area contributed by atoms with Crippen LogP contribution in [0.4, 0.5) is 15.8 Å². The van der Waals surface area contributed by atoms with Gasteiger partial charge in [0.25, 0.3) is 5.69 Å². The Morgan fingerprint density at radius 3 is 2.30 bits per heavy atom. The topological polar surface area (TPSA) is 84.3 Å². The van der Waals surface area contributed by atoms with Crippen LogP contribution in [0.25, 0.3) is 0 Å². The number of aryl methyl sites for hydroxylation is 2. The van der Waals surface area contributed by atoms with Gasteiger partial charge in [-0.25, -0.2) is 4.39 Å². The van der Waals surface area contributed by atoms with Gasteiger partial charge >= 0.3 is 0 Å². The number of carbonyl (C=O) groups is 1. The third-order valence-corrected chi connectivity index (χ3v) is 4.46. The second-order valence-corrected chi connectivity index (χ2v) is 6.91. The SMILES string of the molecule is Cc1cc(NC(=O)CN[C@@H](c2ccc(F)cc2)C(C)C)c([N+](=O)[O-])cc1C. The highest BCUT2D eigenvalue weighted by Crippen LogP contribution is 2.28. The zero-order chi connectivity index (χ0) is 20.1. The molecule has 2 aromatic carbocycles. The van der Waals surface area contributed by atoms with Gasteiger partial charge in [-0.2, -0.15) is 0 Å².